The smallest absolute Gasteiger partial charge is 0.319 e. The quantitative estimate of drug-likeness (QED) is 0.285. The third-order valence-electron chi connectivity index (χ3n) is 8.76. The molecule has 2 aromatic heterocycles. The first-order chi connectivity index (χ1) is 21.8. The largest absolute Gasteiger partial charge is 0.458 e. The van der Waals surface area contributed by atoms with Gasteiger partial charge >= 0.3 is 6.01 Å². The van der Waals surface area contributed by atoms with Crippen LogP contribution in [0.5, 0.6) is 6.01 Å². The normalized spacial score (nSPS) is 19.3. The van der Waals surface area contributed by atoms with Gasteiger partial charge in [-0.25, -0.2) is 13.8 Å². The lowest BCUT2D eigenvalue weighted by molar-refractivity contribution is -0.131. The van der Waals surface area contributed by atoms with Gasteiger partial charge in [-0.1, -0.05) is 36.4 Å². The number of rotatable bonds is 6. The van der Waals surface area contributed by atoms with Crippen molar-refractivity contribution in [2.75, 3.05) is 36.0 Å². The predicted molar refractivity (Wildman–Crippen MR) is 164 cm³/mol. The summed E-state index contributed by atoms with van der Waals surface area (Å²) in [5, 5.41) is 11.1. The van der Waals surface area contributed by atoms with E-state index in [0.717, 1.165) is 28.2 Å². The number of benzene rings is 2. The molecular formula is C32H29ClF2N8O2. The number of nitriles is 1. The molecule has 3 aliphatic heterocycles. The number of fused-ring (bicyclic) bond motifs is 3. The van der Waals surface area contributed by atoms with Crippen molar-refractivity contribution >= 4 is 39.8 Å². The minimum Gasteiger partial charge on any atom is -0.458 e. The summed E-state index contributed by atoms with van der Waals surface area (Å²) in [6.07, 6.45) is 4.71. The summed E-state index contributed by atoms with van der Waals surface area (Å²) >= 11 is 6.48. The summed E-state index contributed by atoms with van der Waals surface area (Å²) in [7, 11) is 0. The van der Waals surface area contributed by atoms with Crippen molar-refractivity contribution in [1.82, 2.24) is 24.4 Å². The van der Waals surface area contributed by atoms with Gasteiger partial charge < -0.3 is 24.0 Å². The van der Waals surface area contributed by atoms with Crippen LogP contribution in [0.4, 0.5) is 20.3 Å². The second-order valence-electron chi connectivity index (χ2n) is 11.5. The maximum atomic E-state index is 14.6. The van der Waals surface area contributed by atoms with Crippen LogP contribution in [0.1, 0.15) is 23.5 Å². The molecule has 1 amide bonds. The summed E-state index contributed by atoms with van der Waals surface area (Å²) in [5.74, 6) is -0.734. The van der Waals surface area contributed by atoms with Gasteiger partial charge in [-0.05, 0) is 23.9 Å². The average molecular weight is 631 g/mol. The molecule has 0 N–H and O–H groups in total. The fourth-order valence-corrected chi connectivity index (χ4v) is 6.89. The maximum absolute atomic E-state index is 14.6. The number of imidazole rings is 1. The number of carbonyl (C=O) groups is 1. The van der Waals surface area contributed by atoms with Gasteiger partial charge in [0.15, 0.2) is 5.83 Å². The number of anilines is 2. The number of halogens is 3. The summed E-state index contributed by atoms with van der Waals surface area (Å²) < 4.78 is 36.8. The summed E-state index contributed by atoms with van der Waals surface area (Å²) in [4.78, 5) is 32.2. The van der Waals surface area contributed by atoms with E-state index < -0.39 is 23.6 Å². The molecule has 7 rings (SSSR count). The molecule has 1 saturated heterocycles. The van der Waals surface area contributed by atoms with Gasteiger partial charge in [-0.15, -0.1) is 0 Å². The van der Waals surface area contributed by atoms with E-state index in [1.54, 1.807) is 12.3 Å². The third-order valence-corrected chi connectivity index (χ3v) is 9.13. The number of aromatic nitrogens is 4. The fraction of sp³-hybridized carbons (Fsp3) is 0.344. The first-order valence-electron chi connectivity index (χ1n) is 14.8. The molecule has 4 aromatic rings. The van der Waals surface area contributed by atoms with Gasteiger partial charge in [-0.3, -0.25) is 4.79 Å². The number of hydrogen-bond acceptors (Lipinski definition) is 8. The van der Waals surface area contributed by atoms with Crippen molar-refractivity contribution in [1.29, 1.82) is 5.26 Å². The van der Waals surface area contributed by atoms with E-state index in [1.165, 1.54) is 11.0 Å². The number of hydrogen-bond donors (Lipinski definition) is 0. The summed E-state index contributed by atoms with van der Waals surface area (Å²) in [6.45, 7) is 5.66. The molecule has 0 saturated carbocycles. The third kappa shape index (κ3) is 5.31. The highest BCUT2D eigenvalue weighted by atomic mass is 35.5. The minimum absolute atomic E-state index is 0.0336. The molecule has 3 aliphatic rings. The lowest BCUT2D eigenvalue weighted by Gasteiger charge is -2.42. The Labute approximate surface area is 263 Å². The van der Waals surface area contributed by atoms with Crippen molar-refractivity contribution in [2.24, 2.45) is 0 Å². The molecule has 0 aliphatic carbocycles. The standard InChI is InChI=1S/C32H29ClF2N8O2/c1-19(34)31(44)43-14-13-42(16-21(43)7-9-36)30-23-8-11-40(26-4-2-3-20-5-6-24(35)29(33)28(20)26)18-25(23)38-32(39-30)45-22-15-27-37-10-12-41(27)17-22/h2-6,10,12,21-22H,1,7-8,11,13-18H2/t21-,22?/m0/s1. The van der Waals surface area contributed by atoms with Crippen LogP contribution in [0.25, 0.3) is 10.8 Å². The molecule has 1 unspecified atom stereocenters. The molecule has 0 bridgehead atoms. The number of carbonyl (C=O) groups excluding carboxylic acids is 1. The van der Waals surface area contributed by atoms with Crippen molar-refractivity contribution < 1.29 is 18.3 Å². The Morgan fingerprint density at radius 1 is 1.16 bits per heavy atom. The van der Waals surface area contributed by atoms with Gasteiger partial charge in [0, 0.05) is 61.6 Å². The zero-order valence-corrected chi connectivity index (χ0v) is 25.1. The van der Waals surface area contributed by atoms with E-state index in [0.29, 0.717) is 50.2 Å². The molecule has 1 fully saturated rings. The van der Waals surface area contributed by atoms with Gasteiger partial charge in [0.25, 0.3) is 5.91 Å². The fourth-order valence-electron chi connectivity index (χ4n) is 6.63. The van der Waals surface area contributed by atoms with E-state index in [1.807, 2.05) is 33.9 Å². The van der Waals surface area contributed by atoms with Crippen molar-refractivity contribution in [3.8, 4) is 12.1 Å². The Morgan fingerprint density at radius 2 is 2.02 bits per heavy atom. The zero-order valence-electron chi connectivity index (χ0n) is 24.3. The van der Waals surface area contributed by atoms with Crippen LogP contribution in [0, 0.1) is 17.1 Å². The molecule has 0 spiro atoms. The highest BCUT2D eigenvalue weighted by molar-refractivity contribution is 6.36. The highest BCUT2D eigenvalue weighted by Crippen LogP contribution is 2.38. The van der Waals surface area contributed by atoms with Crippen LogP contribution >= 0.6 is 11.6 Å². The van der Waals surface area contributed by atoms with Gasteiger partial charge in [0.2, 0.25) is 0 Å². The first-order valence-corrected chi connectivity index (χ1v) is 15.1. The van der Waals surface area contributed by atoms with E-state index in [2.05, 4.69) is 22.5 Å². The Hall–Kier alpha value is -4.76. The number of piperazine rings is 1. The van der Waals surface area contributed by atoms with E-state index >= 15 is 0 Å². The van der Waals surface area contributed by atoms with Crippen LogP contribution in [-0.2, 0) is 30.7 Å². The Morgan fingerprint density at radius 3 is 2.82 bits per heavy atom. The monoisotopic (exact) mass is 630 g/mol. The van der Waals surface area contributed by atoms with E-state index in [-0.39, 0.29) is 36.6 Å². The lowest BCUT2D eigenvalue weighted by Crippen LogP contribution is -2.55. The van der Waals surface area contributed by atoms with Crippen LogP contribution in [0.15, 0.2) is 55.1 Å². The molecule has 13 heteroatoms. The van der Waals surface area contributed by atoms with Gasteiger partial charge in [0.05, 0.1) is 42.3 Å². The molecule has 2 atom stereocenters. The van der Waals surface area contributed by atoms with Gasteiger partial charge in [0.1, 0.15) is 23.6 Å². The van der Waals surface area contributed by atoms with Crippen molar-refractivity contribution in [3.63, 3.8) is 0 Å². The van der Waals surface area contributed by atoms with Crippen LogP contribution in [0.2, 0.25) is 5.02 Å². The lowest BCUT2D eigenvalue weighted by atomic mass is 10.0. The van der Waals surface area contributed by atoms with Crippen molar-refractivity contribution in [2.45, 2.75) is 44.5 Å². The maximum Gasteiger partial charge on any atom is 0.319 e. The molecule has 2 aromatic carbocycles. The van der Waals surface area contributed by atoms with Gasteiger partial charge in [-0.2, -0.15) is 15.2 Å². The Balaban J connectivity index is 1.24. The van der Waals surface area contributed by atoms with E-state index in [9.17, 15) is 18.8 Å². The Kier molecular flexibility index (Phi) is 7.49. The zero-order chi connectivity index (χ0) is 31.2. The number of ether oxygens (including phenoxy) is 1. The van der Waals surface area contributed by atoms with E-state index in [4.69, 9.17) is 26.3 Å². The van der Waals surface area contributed by atoms with Crippen molar-refractivity contribution in [3.05, 3.63) is 83.1 Å². The highest BCUT2D eigenvalue weighted by Gasteiger charge is 2.35. The predicted octanol–water partition coefficient (Wildman–Crippen LogP) is 4.60. The molecule has 45 heavy (non-hydrogen) atoms. The second kappa shape index (κ2) is 11.6. The summed E-state index contributed by atoms with van der Waals surface area (Å²) in [6, 6.07) is 10.6. The molecule has 10 nitrogen and oxygen atoms in total. The Bertz CT molecular complexity index is 1850. The average Bonchev–Trinajstić information content (AvgIpc) is 3.64. The number of nitrogens with zero attached hydrogens (tertiary/aromatic N) is 8. The van der Waals surface area contributed by atoms with Crippen LogP contribution in [-0.4, -0.2) is 68.7 Å². The first kappa shape index (κ1) is 29.0. The molecular weight excluding hydrogens is 602 g/mol. The molecule has 0 radical (unpaired) electrons. The van der Waals surface area contributed by atoms with Crippen LogP contribution < -0.4 is 14.5 Å². The molecule has 5 heterocycles. The second-order valence-corrected chi connectivity index (χ2v) is 11.8. The minimum atomic E-state index is -1.05. The topological polar surface area (TPSA) is 103 Å². The summed E-state index contributed by atoms with van der Waals surface area (Å²) in [5.41, 5.74) is 2.49. The van der Waals surface area contributed by atoms with Crippen LogP contribution in [0.3, 0.4) is 0 Å². The SMILES string of the molecule is C=C(F)C(=O)N1CCN(c2nc(OC3Cc4nccn4C3)nc3c2CCN(c2cccc4ccc(F)c(Cl)c24)C3)C[C@@H]1CC#N. The number of amides is 1. The molecule has 230 valence electrons.